The number of rotatable bonds is 4. The van der Waals surface area contributed by atoms with Crippen molar-refractivity contribution >= 4 is 11.9 Å². The summed E-state index contributed by atoms with van der Waals surface area (Å²) in [6.45, 7) is 3.95. The Balaban J connectivity index is 1.65. The lowest BCUT2D eigenvalue weighted by Crippen LogP contribution is -2.37. The number of carbonyl (C=O) groups excluding carboxylic acids is 2. The first-order valence-electron chi connectivity index (χ1n) is 7.36. The molecule has 2 fully saturated rings. The second-order valence-corrected chi connectivity index (χ2v) is 5.64. The molecule has 1 aromatic carbocycles. The summed E-state index contributed by atoms with van der Waals surface area (Å²) < 4.78 is 5.38. The van der Waals surface area contributed by atoms with E-state index in [4.69, 9.17) is 4.74 Å². The van der Waals surface area contributed by atoms with Crippen LogP contribution >= 0.6 is 0 Å². The number of fused-ring (bicyclic) bond motifs is 2. The molecule has 2 saturated heterocycles. The summed E-state index contributed by atoms with van der Waals surface area (Å²) in [6, 6.07) is 9.27. The molecule has 2 aliphatic rings. The van der Waals surface area contributed by atoms with Gasteiger partial charge in [0.2, 0.25) is 0 Å². The Labute approximate surface area is 124 Å². The number of allylic oxidation sites excluding steroid dienone is 1. The highest BCUT2D eigenvalue weighted by Crippen LogP contribution is 2.41. The Hall–Kier alpha value is -2.10. The van der Waals surface area contributed by atoms with Gasteiger partial charge in [0.05, 0.1) is 6.04 Å². The van der Waals surface area contributed by atoms with Crippen molar-refractivity contribution in [3.05, 3.63) is 48.6 Å². The average Bonchev–Trinajstić information content (AvgIpc) is 3.04. The van der Waals surface area contributed by atoms with E-state index < -0.39 is 0 Å². The number of Topliss-reactive ketones (excluding diaryl/α,β-unsaturated/α-hetero) is 1. The maximum Gasteiger partial charge on any atom is 0.410 e. The number of carbonyl (C=O) groups is 2. The molecule has 3 rings (SSSR count). The molecule has 1 amide bonds. The van der Waals surface area contributed by atoms with Gasteiger partial charge in [-0.25, -0.2) is 4.79 Å². The molecule has 2 aliphatic heterocycles. The predicted molar refractivity (Wildman–Crippen MR) is 78.6 cm³/mol. The highest BCUT2D eigenvalue weighted by molar-refractivity contribution is 5.94. The third-order valence-corrected chi connectivity index (χ3v) is 4.42. The zero-order valence-electron chi connectivity index (χ0n) is 11.9. The lowest BCUT2D eigenvalue weighted by Gasteiger charge is -2.22. The predicted octanol–water partition coefficient (Wildman–Crippen LogP) is 2.93. The van der Waals surface area contributed by atoms with Gasteiger partial charge in [-0.15, -0.1) is 6.58 Å². The molecule has 3 atom stereocenters. The van der Waals surface area contributed by atoms with E-state index >= 15 is 0 Å². The van der Waals surface area contributed by atoms with E-state index in [1.54, 1.807) is 11.0 Å². The van der Waals surface area contributed by atoms with E-state index in [2.05, 4.69) is 6.58 Å². The number of amides is 1. The monoisotopic (exact) mass is 285 g/mol. The Bertz CT molecular complexity index is 554. The maximum atomic E-state index is 12.3. The van der Waals surface area contributed by atoms with Gasteiger partial charge in [-0.2, -0.15) is 0 Å². The Morgan fingerprint density at radius 2 is 2.10 bits per heavy atom. The van der Waals surface area contributed by atoms with Gasteiger partial charge in [0.1, 0.15) is 6.61 Å². The van der Waals surface area contributed by atoms with Gasteiger partial charge in [0.25, 0.3) is 0 Å². The third kappa shape index (κ3) is 2.46. The quantitative estimate of drug-likeness (QED) is 0.799. The largest absolute Gasteiger partial charge is 0.445 e. The summed E-state index contributed by atoms with van der Waals surface area (Å²) in [5.41, 5.74) is 0.950. The van der Waals surface area contributed by atoms with E-state index in [-0.39, 0.29) is 36.5 Å². The van der Waals surface area contributed by atoms with Crippen LogP contribution in [0.4, 0.5) is 4.79 Å². The molecule has 0 spiro atoms. The summed E-state index contributed by atoms with van der Waals surface area (Å²) in [6.07, 6.45) is 3.68. The molecule has 0 aromatic heterocycles. The van der Waals surface area contributed by atoms with E-state index in [0.717, 1.165) is 18.4 Å². The van der Waals surface area contributed by atoms with Crippen molar-refractivity contribution in [3.8, 4) is 0 Å². The normalized spacial score (nSPS) is 27.0. The number of ether oxygens (including phenoxy) is 1. The molecule has 4 nitrogen and oxygen atoms in total. The van der Waals surface area contributed by atoms with Crippen molar-refractivity contribution in [1.29, 1.82) is 0 Å². The number of ketones is 1. The van der Waals surface area contributed by atoms with Gasteiger partial charge in [-0.3, -0.25) is 9.69 Å². The average molecular weight is 285 g/mol. The lowest BCUT2D eigenvalue weighted by molar-refractivity contribution is -0.123. The minimum absolute atomic E-state index is 0.0104. The molecule has 2 bridgehead atoms. The maximum absolute atomic E-state index is 12.3. The van der Waals surface area contributed by atoms with Gasteiger partial charge < -0.3 is 4.74 Å². The van der Waals surface area contributed by atoms with E-state index in [1.165, 1.54) is 0 Å². The number of hydrogen-bond donors (Lipinski definition) is 0. The SMILES string of the molecule is C=CC[C@@H]1C(=O)C2CC[C@H]1N2C(=O)OCc1ccccc1. The molecule has 0 radical (unpaired) electrons. The van der Waals surface area contributed by atoms with Crippen molar-refractivity contribution in [1.82, 2.24) is 4.90 Å². The molecular weight excluding hydrogens is 266 g/mol. The van der Waals surface area contributed by atoms with Crippen LogP contribution < -0.4 is 0 Å². The summed E-state index contributed by atoms with van der Waals surface area (Å²) >= 11 is 0. The molecule has 4 heteroatoms. The van der Waals surface area contributed by atoms with Crippen LogP contribution in [0.15, 0.2) is 43.0 Å². The number of nitrogens with zero attached hydrogens (tertiary/aromatic N) is 1. The highest BCUT2D eigenvalue weighted by atomic mass is 16.6. The van der Waals surface area contributed by atoms with Crippen molar-refractivity contribution < 1.29 is 14.3 Å². The van der Waals surface area contributed by atoms with Crippen LogP contribution in [-0.4, -0.2) is 28.9 Å². The summed E-state index contributed by atoms with van der Waals surface area (Å²) in [5.74, 6) is 0.0772. The van der Waals surface area contributed by atoms with Crippen LogP contribution in [0.5, 0.6) is 0 Å². The van der Waals surface area contributed by atoms with E-state index in [0.29, 0.717) is 6.42 Å². The van der Waals surface area contributed by atoms with Crippen LogP contribution in [-0.2, 0) is 16.1 Å². The van der Waals surface area contributed by atoms with E-state index in [1.807, 2.05) is 30.3 Å². The van der Waals surface area contributed by atoms with Crippen molar-refractivity contribution in [2.24, 2.45) is 5.92 Å². The van der Waals surface area contributed by atoms with Crippen LogP contribution in [0.25, 0.3) is 0 Å². The minimum atomic E-state index is -0.369. The molecule has 0 N–H and O–H groups in total. The molecule has 0 saturated carbocycles. The van der Waals surface area contributed by atoms with Crippen LogP contribution in [0.1, 0.15) is 24.8 Å². The molecule has 0 aliphatic carbocycles. The van der Waals surface area contributed by atoms with E-state index in [9.17, 15) is 9.59 Å². The van der Waals surface area contributed by atoms with Gasteiger partial charge in [-0.05, 0) is 24.8 Å². The second-order valence-electron chi connectivity index (χ2n) is 5.64. The van der Waals surface area contributed by atoms with Crippen LogP contribution in [0, 0.1) is 5.92 Å². The summed E-state index contributed by atoms with van der Waals surface area (Å²) in [4.78, 5) is 26.2. The molecule has 2 heterocycles. The Morgan fingerprint density at radius 1 is 1.33 bits per heavy atom. The minimum Gasteiger partial charge on any atom is -0.445 e. The van der Waals surface area contributed by atoms with Crippen LogP contribution in [0.3, 0.4) is 0 Å². The molecular formula is C17H19NO3. The van der Waals surface area contributed by atoms with Gasteiger partial charge in [0.15, 0.2) is 5.78 Å². The molecule has 110 valence electrons. The topological polar surface area (TPSA) is 46.6 Å². The van der Waals surface area contributed by atoms with Gasteiger partial charge >= 0.3 is 6.09 Å². The van der Waals surface area contributed by atoms with Crippen molar-refractivity contribution in [3.63, 3.8) is 0 Å². The molecule has 1 aromatic rings. The molecule has 1 unspecified atom stereocenters. The Kier molecular flexibility index (Phi) is 3.78. The standard InChI is InChI=1S/C17H19NO3/c1-2-6-13-14-9-10-15(16(13)19)18(14)17(20)21-11-12-7-4-3-5-8-12/h2-5,7-8,13-15H,1,6,9-11H2/t13-,14+,15?/m0/s1. The fourth-order valence-electron chi connectivity index (χ4n) is 3.46. The second kappa shape index (κ2) is 5.72. The third-order valence-electron chi connectivity index (χ3n) is 4.42. The zero-order chi connectivity index (χ0) is 14.8. The van der Waals surface area contributed by atoms with Crippen LogP contribution in [0.2, 0.25) is 0 Å². The fraction of sp³-hybridized carbons (Fsp3) is 0.412. The van der Waals surface area contributed by atoms with Gasteiger partial charge in [0, 0.05) is 12.0 Å². The fourth-order valence-corrected chi connectivity index (χ4v) is 3.46. The Morgan fingerprint density at radius 3 is 2.81 bits per heavy atom. The zero-order valence-corrected chi connectivity index (χ0v) is 11.9. The van der Waals surface area contributed by atoms with Gasteiger partial charge in [-0.1, -0.05) is 36.4 Å². The number of hydrogen-bond acceptors (Lipinski definition) is 3. The lowest BCUT2D eigenvalue weighted by atomic mass is 9.86. The first-order valence-corrected chi connectivity index (χ1v) is 7.36. The summed E-state index contributed by atoms with van der Waals surface area (Å²) in [7, 11) is 0. The first kappa shape index (κ1) is 13.9. The number of benzene rings is 1. The summed E-state index contributed by atoms with van der Waals surface area (Å²) in [5, 5.41) is 0. The molecule has 21 heavy (non-hydrogen) atoms. The van der Waals surface area contributed by atoms with Crippen molar-refractivity contribution in [2.75, 3.05) is 0 Å². The van der Waals surface area contributed by atoms with Crippen molar-refractivity contribution in [2.45, 2.75) is 38.0 Å². The first-order chi connectivity index (χ1) is 10.2. The smallest absolute Gasteiger partial charge is 0.410 e. The highest BCUT2D eigenvalue weighted by Gasteiger charge is 2.54.